The number of aliphatic imine (C=N–C) groups is 1. The lowest BCUT2D eigenvalue weighted by Crippen LogP contribution is -2.23. The van der Waals surface area contributed by atoms with Crippen LogP contribution < -0.4 is 11.1 Å². The van der Waals surface area contributed by atoms with E-state index in [0.717, 1.165) is 25.1 Å². The van der Waals surface area contributed by atoms with Crippen LogP contribution in [-0.2, 0) is 11.2 Å². The van der Waals surface area contributed by atoms with Crippen molar-refractivity contribution in [3.8, 4) is 0 Å². The second kappa shape index (κ2) is 11.7. The summed E-state index contributed by atoms with van der Waals surface area (Å²) in [7, 11) is 0. The van der Waals surface area contributed by atoms with Crippen molar-refractivity contribution < 1.29 is 4.74 Å². The third-order valence-electron chi connectivity index (χ3n) is 4.12. The molecule has 130 valence electrons. The fourth-order valence-electron chi connectivity index (χ4n) is 2.76. The Bertz CT molecular complexity index is 456. The number of ether oxygens (including phenoxy) is 1. The molecule has 1 fully saturated rings. The monoisotopic (exact) mass is 431 g/mol. The van der Waals surface area contributed by atoms with E-state index in [1.54, 1.807) is 0 Å². The van der Waals surface area contributed by atoms with Crippen molar-refractivity contribution in [3.63, 3.8) is 0 Å². The maximum atomic E-state index is 5.90. The summed E-state index contributed by atoms with van der Waals surface area (Å²) in [6, 6.07) is 8.28. The largest absolute Gasteiger partial charge is 0.378 e. The first kappa shape index (κ1) is 20.2. The number of nitrogens with two attached hydrogens (primary N) is 1. The number of nitrogens with zero attached hydrogens (tertiary/aromatic N) is 1. The van der Waals surface area contributed by atoms with Gasteiger partial charge in [0.05, 0.1) is 6.10 Å². The quantitative estimate of drug-likeness (QED) is 0.292. The molecule has 0 unspecified atom stereocenters. The molecule has 0 aromatic heterocycles. The Kier molecular flexibility index (Phi) is 10.3. The Hall–Kier alpha value is -0.820. The van der Waals surface area contributed by atoms with Gasteiger partial charge in [-0.3, -0.25) is 4.99 Å². The number of hydrogen-bond acceptors (Lipinski definition) is 2. The SMILES string of the molecule is CCc1ccc(NC(N)=NCCCOC2CCCCC2)cc1.I. The van der Waals surface area contributed by atoms with Crippen LogP contribution in [0.3, 0.4) is 0 Å². The summed E-state index contributed by atoms with van der Waals surface area (Å²) in [5, 5.41) is 3.12. The Morgan fingerprint density at radius 1 is 1.22 bits per heavy atom. The number of halogens is 1. The van der Waals surface area contributed by atoms with Crippen LogP contribution in [-0.4, -0.2) is 25.2 Å². The van der Waals surface area contributed by atoms with Crippen molar-refractivity contribution in [2.24, 2.45) is 10.7 Å². The topological polar surface area (TPSA) is 59.6 Å². The summed E-state index contributed by atoms with van der Waals surface area (Å²) in [4.78, 5) is 4.35. The molecular weight excluding hydrogens is 401 g/mol. The number of benzene rings is 1. The number of aryl methyl sites for hydroxylation is 1. The molecule has 0 amide bonds. The fourth-order valence-corrected chi connectivity index (χ4v) is 2.76. The van der Waals surface area contributed by atoms with E-state index in [-0.39, 0.29) is 24.0 Å². The highest BCUT2D eigenvalue weighted by Gasteiger charge is 2.12. The molecule has 2 rings (SSSR count). The lowest BCUT2D eigenvalue weighted by Gasteiger charge is -2.21. The van der Waals surface area contributed by atoms with Crippen LogP contribution in [0.15, 0.2) is 29.3 Å². The second-order valence-corrected chi connectivity index (χ2v) is 5.93. The van der Waals surface area contributed by atoms with E-state index in [2.05, 4.69) is 29.4 Å². The predicted molar refractivity (Wildman–Crippen MR) is 109 cm³/mol. The normalized spacial score (nSPS) is 16.0. The zero-order valence-corrected chi connectivity index (χ0v) is 16.4. The third-order valence-corrected chi connectivity index (χ3v) is 4.12. The van der Waals surface area contributed by atoms with E-state index in [0.29, 0.717) is 18.6 Å². The van der Waals surface area contributed by atoms with Crippen LogP contribution in [0.1, 0.15) is 51.0 Å². The van der Waals surface area contributed by atoms with Crippen LogP contribution in [0.4, 0.5) is 5.69 Å². The molecule has 4 nitrogen and oxygen atoms in total. The summed E-state index contributed by atoms with van der Waals surface area (Å²) in [6.45, 7) is 3.64. The van der Waals surface area contributed by atoms with E-state index in [9.17, 15) is 0 Å². The molecule has 1 aliphatic carbocycles. The summed E-state index contributed by atoms with van der Waals surface area (Å²) in [5.74, 6) is 0.474. The van der Waals surface area contributed by atoms with Crippen LogP contribution in [0.5, 0.6) is 0 Å². The zero-order chi connectivity index (χ0) is 15.6. The Morgan fingerprint density at radius 3 is 2.57 bits per heavy atom. The minimum atomic E-state index is 0. The van der Waals surface area contributed by atoms with E-state index in [1.807, 2.05) is 12.1 Å². The molecule has 1 aliphatic rings. The van der Waals surface area contributed by atoms with Crippen molar-refractivity contribution in [2.75, 3.05) is 18.5 Å². The van der Waals surface area contributed by atoms with Gasteiger partial charge >= 0.3 is 0 Å². The van der Waals surface area contributed by atoms with Gasteiger partial charge < -0.3 is 15.8 Å². The van der Waals surface area contributed by atoms with Crippen molar-refractivity contribution in [1.29, 1.82) is 0 Å². The highest BCUT2D eigenvalue weighted by atomic mass is 127. The Balaban J connectivity index is 0.00000264. The Labute approximate surface area is 157 Å². The molecule has 1 saturated carbocycles. The summed E-state index contributed by atoms with van der Waals surface area (Å²) in [5.41, 5.74) is 8.20. The van der Waals surface area contributed by atoms with Gasteiger partial charge in [0.2, 0.25) is 0 Å². The van der Waals surface area contributed by atoms with Gasteiger partial charge in [-0.05, 0) is 43.4 Å². The molecule has 0 radical (unpaired) electrons. The van der Waals surface area contributed by atoms with Gasteiger partial charge in [-0.25, -0.2) is 0 Å². The molecule has 3 N–H and O–H groups in total. The summed E-state index contributed by atoms with van der Waals surface area (Å²) < 4.78 is 5.88. The lowest BCUT2D eigenvalue weighted by molar-refractivity contribution is 0.0281. The van der Waals surface area contributed by atoms with Crippen molar-refractivity contribution in [3.05, 3.63) is 29.8 Å². The number of guanidine groups is 1. The first-order valence-corrected chi connectivity index (χ1v) is 8.55. The highest BCUT2D eigenvalue weighted by molar-refractivity contribution is 14.0. The average Bonchev–Trinajstić information content (AvgIpc) is 2.56. The van der Waals surface area contributed by atoms with Gasteiger partial charge in [-0.2, -0.15) is 0 Å². The van der Waals surface area contributed by atoms with Gasteiger partial charge in [-0.1, -0.05) is 38.3 Å². The van der Waals surface area contributed by atoms with Crippen molar-refractivity contribution in [1.82, 2.24) is 0 Å². The molecule has 23 heavy (non-hydrogen) atoms. The van der Waals surface area contributed by atoms with Crippen LogP contribution in [0, 0.1) is 0 Å². The van der Waals surface area contributed by atoms with Gasteiger partial charge in [0.25, 0.3) is 0 Å². The molecule has 0 spiro atoms. The maximum absolute atomic E-state index is 5.90. The standard InChI is InChI=1S/C18H29N3O.HI/c1-2-15-9-11-16(12-10-15)21-18(19)20-13-6-14-22-17-7-4-3-5-8-17;/h9-12,17H,2-8,13-14H2,1H3,(H3,19,20,21);1H. The van der Waals surface area contributed by atoms with Crippen LogP contribution in [0.2, 0.25) is 0 Å². The molecule has 0 bridgehead atoms. The van der Waals surface area contributed by atoms with Gasteiger partial charge in [0, 0.05) is 18.8 Å². The van der Waals surface area contributed by atoms with Crippen LogP contribution >= 0.6 is 24.0 Å². The number of nitrogens with one attached hydrogen (secondary N) is 1. The van der Waals surface area contributed by atoms with E-state index >= 15 is 0 Å². The average molecular weight is 431 g/mol. The molecule has 0 atom stereocenters. The van der Waals surface area contributed by atoms with E-state index in [4.69, 9.17) is 10.5 Å². The van der Waals surface area contributed by atoms with Crippen LogP contribution in [0.25, 0.3) is 0 Å². The van der Waals surface area contributed by atoms with E-state index in [1.165, 1.54) is 37.7 Å². The first-order chi connectivity index (χ1) is 10.8. The minimum absolute atomic E-state index is 0. The maximum Gasteiger partial charge on any atom is 0.193 e. The Morgan fingerprint density at radius 2 is 1.91 bits per heavy atom. The lowest BCUT2D eigenvalue weighted by atomic mass is 9.98. The highest BCUT2D eigenvalue weighted by Crippen LogP contribution is 2.20. The summed E-state index contributed by atoms with van der Waals surface area (Å²) in [6.07, 6.45) is 8.89. The van der Waals surface area contributed by atoms with Gasteiger partial charge in [-0.15, -0.1) is 24.0 Å². The zero-order valence-electron chi connectivity index (χ0n) is 14.1. The fraction of sp³-hybridized carbons (Fsp3) is 0.611. The molecule has 0 aliphatic heterocycles. The molecule has 5 heteroatoms. The van der Waals surface area contributed by atoms with Gasteiger partial charge in [0.1, 0.15) is 0 Å². The molecule has 1 aromatic carbocycles. The molecule has 0 heterocycles. The summed E-state index contributed by atoms with van der Waals surface area (Å²) >= 11 is 0. The van der Waals surface area contributed by atoms with E-state index < -0.39 is 0 Å². The molecule has 0 saturated heterocycles. The second-order valence-electron chi connectivity index (χ2n) is 5.93. The molecule has 1 aromatic rings. The predicted octanol–water partition coefficient (Wildman–Crippen LogP) is 4.33. The van der Waals surface area contributed by atoms with Crippen molar-refractivity contribution >= 4 is 35.6 Å². The first-order valence-electron chi connectivity index (χ1n) is 8.55. The number of hydrogen-bond donors (Lipinski definition) is 2. The van der Waals surface area contributed by atoms with Crippen molar-refractivity contribution in [2.45, 2.75) is 58.0 Å². The minimum Gasteiger partial charge on any atom is -0.378 e. The smallest absolute Gasteiger partial charge is 0.193 e. The third kappa shape index (κ3) is 8.01. The molecular formula is C18H30IN3O. The number of rotatable bonds is 7. The van der Waals surface area contributed by atoms with Gasteiger partial charge in [0.15, 0.2) is 5.96 Å². The number of anilines is 1.